The molecule has 2 aromatic rings. The molecule has 1 unspecified atom stereocenters. The van der Waals surface area contributed by atoms with Gasteiger partial charge in [-0.05, 0) is 60.1 Å². The van der Waals surface area contributed by atoms with Gasteiger partial charge in [0.2, 0.25) is 0 Å². The lowest BCUT2D eigenvalue weighted by Crippen LogP contribution is -2.34. The molecule has 1 aliphatic rings. The maximum Gasteiger partial charge on any atom is 0.114 e. The third kappa shape index (κ3) is 2.83. The van der Waals surface area contributed by atoms with Gasteiger partial charge >= 0.3 is 0 Å². The van der Waals surface area contributed by atoms with Crippen LogP contribution in [-0.4, -0.2) is 6.54 Å². The molecule has 0 aromatic heterocycles. The molecule has 2 aromatic carbocycles. The van der Waals surface area contributed by atoms with Gasteiger partial charge in [-0.3, -0.25) is 0 Å². The van der Waals surface area contributed by atoms with Crippen molar-refractivity contribution >= 4 is 11.4 Å². The van der Waals surface area contributed by atoms with Crippen LogP contribution in [0.4, 0.5) is 11.4 Å². The Balaban J connectivity index is 2.21. The van der Waals surface area contributed by atoms with Gasteiger partial charge in [0.15, 0.2) is 0 Å². The summed E-state index contributed by atoms with van der Waals surface area (Å²) >= 11 is 0. The highest BCUT2D eigenvalue weighted by atomic mass is 16.3. The minimum Gasteiger partial charge on any atom is -0.341 e. The van der Waals surface area contributed by atoms with Crippen LogP contribution in [0.15, 0.2) is 47.6 Å². The van der Waals surface area contributed by atoms with Crippen molar-refractivity contribution in [2.24, 2.45) is 5.18 Å². The van der Waals surface area contributed by atoms with Crippen LogP contribution in [0.3, 0.4) is 0 Å². The first-order chi connectivity index (χ1) is 11.5. The summed E-state index contributed by atoms with van der Waals surface area (Å²) in [5.74, 6) is 0. The van der Waals surface area contributed by atoms with Gasteiger partial charge in [0, 0.05) is 17.9 Å². The maximum absolute atomic E-state index is 11.2. The van der Waals surface area contributed by atoms with E-state index in [0.29, 0.717) is 0 Å². The molecule has 1 aliphatic heterocycles. The Morgan fingerprint density at radius 3 is 2.54 bits per heavy atom. The highest BCUT2D eigenvalue weighted by molar-refractivity contribution is 5.71. The molecule has 0 N–H and O–H groups in total. The molecule has 0 aliphatic carbocycles. The van der Waals surface area contributed by atoms with Crippen LogP contribution < -0.4 is 4.90 Å². The summed E-state index contributed by atoms with van der Waals surface area (Å²) in [6.07, 6.45) is 2.03. The molecule has 0 radical (unpaired) electrons. The molecule has 0 fully saturated rings. The van der Waals surface area contributed by atoms with Gasteiger partial charge in [-0.25, -0.2) is 0 Å². The molecule has 1 heterocycles. The Morgan fingerprint density at radius 2 is 1.92 bits per heavy atom. The van der Waals surface area contributed by atoms with Gasteiger partial charge in [0.25, 0.3) is 0 Å². The minimum atomic E-state index is -0.312. The van der Waals surface area contributed by atoms with Crippen LogP contribution in [0, 0.1) is 4.91 Å². The quantitative estimate of drug-likeness (QED) is 0.657. The van der Waals surface area contributed by atoms with Crippen molar-refractivity contribution in [2.75, 3.05) is 11.4 Å². The Morgan fingerprint density at radius 1 is 1.21 bits per heavy atom. The van der Waals surface area contributed by atoms with Gasteiger partial charge in [0.05, 0.1) is 0 Å². The van der Waals surface area contributed by atoms with E-state index < -0.39 is 0 Å². The van der Waals surface area contributed by atoms with E-state index in [2.05, 4.69) is 67.2 Å². The molecule has 3 heteroatoms. The predicted molar refractivity (Wildman–Crippen MR) is 101 cm³/mol. The summed E-state index contributed by atoms with van der Waals surface area (Å²) in [4.78, 5) is 13.5. The number of aryl methyl sites for hydroxylation is 1. The molecular weight excluding hydrogens is 296 g/mol. The normalized spacial score (nSPS) is 17.2. The largest absolute Gasteiger partial charge is 0.341 e. The number of nitrogens with zero attached hydrogens (tertiary/aromatic N) is 2. The Labute approximate surface area is 144 Å². The highest BCUT2D eigenvalue weighted by Gasteiger charge is 2.33. The van der Waals surface area contributed by atoms with E-state index in [-0.39, 0.29) is 11.5 Å². The van der Waals surface area contributed by atoms with E-state index in [1.54, 1.807) is 0 Å². The maximum atomic E-state index is 11.2. The van der Waals surface area contributed by atoms with Crippen molar-refractivity contribution in [3.05, 3.63) is 64.1 Å². The lowest BCUT2D eigenvalue weighted by molar-refractivity contribution is 0.466. The van der Waals surface area contributed by atoms with Crippen LogP contribution in [0.2, 0.25) is 0 Å². The lowest BCUT2D eigenvalue weighted by atomic mass is 9.75. The molecule has 126 valence electrons. The first kappa shape index (κ1) is 16.7. The number of rotatable bonds is 4. The molecule has 0 saturated heterocycles. The topological polar surface area (TPSA) is 32.7 Å². The summed E-state index contributed by atoms with van der Waals surface area (Å²) in [7, 11) is 0. The first-order valence-electron chi connectivity index (χ1n) is 8.80. The summed E-state index contributed by atoms with van der Waals surface area (Å²) < 4.78 is 0. The van der Waals surface area contributed by atoms with Crippen molar-refractivity contribution in [3.8, 4) is 0 Å². The number of benzene rings is 2. The third-order valence-corrected chi connectivity index (χ3v) is 5.29. The van der Waals surface area contributed by atoms with E-state index in [0.717, 1.165) is 24.9 Å². The molecule has 1 atom stereocenters. The zero-order valence-corrected chi connectivity index (χ0v) is 15.0. The Bertz CT molecular complexity index is 737. The van der Waals surface area contributed by atoms with Crippen LogP contribution in [0.25, 0.3) is 0 Å². The average molecular weight is 322 g/mol. The summed E-state index contributed by atoms with van der Waals surface area (Å²) in [6, 6.07) is 14.7. The van der Waals surface area contributed by atoms with Crippen molar-refractivity contribution in [2.45, 2.75) is 52.0 Å². The fourth-order valence-electron chi connectivity index (χ4n) is 3.69. The molecule has 0 saturated carbocycles. The van der Waals surface area contributed by atoms with Crippen LogP contribution >= 0.6 is 0 Å². The lowest BCUT2D eigenvalue weighted by Gasteiger charge is -2.41. The number of nitroso groups, excluding NO2 is 1. The third-order valence-electron chi connectivity index (χ3n) is 5.29. The first-order valence-corrected chi connectivity index (χ1v) is 8.80. The number of hydrogen-bond donors (Lipinski definition) is 0. The minimum absolute atomic E-state index is 0.140. The summed E-state index contributed by atoms with van der Waals surface area (Å²) in [6.45, 7) is 9.64. The number of anilines is 2. The standard InChI is InChI=1S/C21H26N2O/c1-5-16-13-19-20(14-18(16)15(2)22-24)23(12-11-21(19,3)4)17-9-7-6-8-10-17/h6-10,13-15H,5,11-12H2,1-4H3. The van der Waals surface area contributed by atoms with Gasteiger partial charge in [-0.15, -0.1) is 0 Å². The second kappa shape index (κ2) is 6.39. The molecule has 24 heavy (non-hydrogen) atoms. The van der Waals surface area contributed by atoms with E-state index in [4.69, 9.17) is 0 Å². The smallest absolute Gasteiger partial charge is 0.114 e. The second-order valence-electron chi connectivity index (χ2n) is 7.32. The number of hydrogen-bond acceptors (Lipinski definition) is 3. The summed E-state index contributed by atoms with van der Waals surface area (Å²) in [5.41, 5.74) is 6.24. The van der Waals surface area contributed by atoms with E-state index in [1.807, 2.05) is 13.0 Å². The van der Waals surface area contributed by atoms with Crippen LogP contribution in [0.5, 0.6) is 0 Å². The van der Waals surface area contributed by atoms with E-state index in [9.17, 15) is 4.91 Å². The zero-order chi connectivity index (χ0) is 17.3. The fourth-order valence-corrected chi connectivity index (χ4v) is 3.69. The SMILES string of the molecule is CCc1cc2c(cc1C(C)N=O)N(c1ccccc1)CCC2(C)C. The van der Waals surface area contributed by atoms with E-state index >= 15 is 0 Å². The van der Waals surface area contributed by atoms with Gasteiger partial charge in [-0.1, -0.05) is 50.2 Å². The monoisotopic (exact) mass is 322 g/mol. The van der Waals surface area contributed by atoms with Crippen molar-refractivity contribution in [1.82, 2.24) is 0 Å². The molecule has 0 bridgehead atoms. The van der Waals surface area contributed by atoms with Crippen molar-refractivity contribution < 1.29 is 0 Å². The predicted octanol–water partition coefficient (Wildman–Crippen LogP) is 5.90. The molecule has 0 amide bonds. The van der Waals surface area contributed by atoms with Crippen molar-refractivity contribution in [1.29, 1.82) is 0 Å². The number of fused-ring (bicyclic) bond motifs is 1. The van der Waals surface area contributed by atoms with Gasteiger partial charge < -0.3 is 4.90 Å². The van der Waals surface area contributed by atoms with Crippen molar-refractivity contribution in [3.63, 3.8) is 0 Å². The van der Waals surface area contributed by atoms with E-state index in [1.165, 1.54) is 22.5 Å². The zero-order valence-electron chi connectivity index (χ0n) is 15.0. The molecular formula is C21H26N2O. The Kier molecular flexibility index (Phi) is 4.44. The van der Waals surface area contributed by atoms with Crippen LogP contribution in [-0.2, 0) is 11.8 Å². The molecule has 0 spiro atoms. The summed E-state index contributed by atoms with van der Waals surface area (Å²) in [5, 5.41) is 3.28. The Hall–Kier alpha value is -2.16. The van der Waals surface area contributed by atoms with Gasteiger partial charge in [0.1, 0.15) is 6.04 Å². The molecule has 3 rings (SSSR count). The fraction of sp³-hybridized carbons (Fsp3) is 0.429. The second-order valence-corrected chi connectivity index (χ2v) is 7.32. The molecule has 3 nitrogen and oxygen atoms in total. The average Bonchev–Trinajstić information content (AvgIpc) is 2.61. The highest BCUT2D eigenvalue weighted by Crippen LogP contribution is 2.45. The van der Waals surface area contributed by atoms with Crippen LogP contribution in [0.1, 0.15) is 56.8 Å². The van der Waals surface area contributed by atoms with Gasteiger partial charge in [-0.2, -0.15) is 4.91 Å². The number of para-hydroxylation sites is 1.